The van der Waals surface area contributed by atoms with Gasteiger partial charge in [0.2, 0.25) is 0 Å². The molecule has 0 bridgehead atoms. The summed E-state index contributed by atoms with van der Waals surface area (Å²) in [5.74, 6) is 1.79. The van der Waals surface area contributed by atoms with E-state index in [9.17, 15) is 0 Å². The van der Waals surface area contributed by atoms with Crippen molar-refractivity contribution in [3.8, 4) is 17.1 Å². The topological polar surface area (TPSA) is 70.4 Å². The van der Waals surface area contributed by atoms with Gasteiger partial charge in [-0.25, -0.2) is 4.98 Å². The molecule has 1 aliphatic rings. The Morgan fingerprint density at radius 2 is 1.63 bits per heavy atom. The standard InChI is InChI=1S/C29H35N5O/c1-29(2,3)22-9-7-21(8-10-22)28-31-25-5-4-6-26(27(25)32-28)34-17-15-33(16-18-34)19-20-35-24-13-11-23(30)12-14-24/h4-14H,15-20,30H2,1-3H3,(H,31,32). The lowest BCUT2D eigenvalue weighted by molar-refractivity contribution is 0.200. The zero-order valence-corrected chi connectivity index (χ0v) is 20.9. The van der Waals surface area contributed by atoms with Crippen molar-refractivity contribution in [3.05, 3.63) is 72.3 Å². The summed E-state index contributed by atoms with van der Waals surface area (Å²) in [5.41, 5.74) is 12.4. The molecule has 5 rings (SSSR count). The van der Waals surface area contributed by atoms with Gasteiger partial charge in [0.1, 0.15) is 23.7 Å². The molecule has 6 nitrogen and oxygen atoms in total. The van der Waals surface area contributed by atoms with E-state index in [0.29, 0.717) is 6.61 Å². The summed E-state index contributed by atoms with van der Waals surface area (Å²) in [7, 11) is 0. The number of rotatable bonds is 6. The first-order chi connectivity index (χ1) is 16.9. The molecule has 35 heavy (non-hydrogen) atoms. The number of aromatic amines is 1. The molecule has 0 radical (unpaired) electrons. The normalized spacial score (nSPS) is 15.0. The van der Waals surface area contributed by atoms with Crippen LogP contribution >= 0.6 is 0 Å². The molecule has 1 saturated heterocycles. The van der Waals surface area contributed by atoms with Gasteiger partial charge in [-0.1, -0.05) is 51.1 Å². The maximum atomic E-state index is 5.88. The fourth-order valence-electron chi connectivity index (χ4n) is 4.61. The zero-order chi connectivity index (χ0) is 24.4. The number of nitrogens with two attached hydrogens (primary N) is 1. The first-order valence-corrected chi connectivity index (χ1v) is 12.4. The Balaban J connectivity index is 1.23. The van der Waals surface area contributed by atoms with Crippen LogP contribution in [0.4, 0.5) is 11.4 Å². The summed E-state index contributed by atoms with van der Waals surface area (Å²) < 4.78 is 5.88. The SMILES string of the molecule is CC(C)(C)c1ccc(-c2nc3c(N4CCN(CCOc5ccc(N)cc5)CC4)cccc3[nH]2)cc1. The number of nitrogens with one attached hydrogen (secondary N) is 1. The Hall–Kier alpha value is -3.51. The monoisotopic (exact) mass is 469 g/mol. The van der Waals surface area contributed by atoms with E-state index in [1.54, 1.807) is 0 Å². The molecule has 4 aromatic rings. The van der Waals surface area contributed by atoms with E-state index < -0.39 is 0 Å². The van der Waals surface area contributed by atoms with Crippen LogP contribution in [0.2, 0.25) is 0 Å². The summed E-state index contributed by atoms with van der Waals surface area (Å²) in [5, 5.41) is 0. The van der Waals surface area contributed by atoms with Gasteiger partial charge >= 0.3 is 0 Å². The van der Waals surface area contributed by atoms with Crippen LogP contribution in [0, 0.1) is 0 Å². The van der Waals surface area contributed by atoms with E-state index >= 15 is 0 Å². The number of piperazine rings is 1. The molecule has 2 heterocycles. The Kier molecular flexibility index (Phi) is 6.39. The predicted octanol–water partition coefficient (Wildman–Crippen LogP) is 5.31. The van der Waals surface area contributed by atoms with Crippen molar-refractivity contribution in [2.75, 3.05) is 50.0 Å². The molecular weight excluding hydrogens is 434 g/mol. The number of anilines is 2. The minimum atomic E-state index is 0.143. The lowest BCUT2D eigenvalue weighted by Crippen LogP contribution is -2.47. The minimum Gasteiger partial charge on any atom is -0.492 e. The van der Waals surface area contributed by atoms with Crippen LogP contribution in [0.15, 0.2) is 66.7 Å². The quantitative estimate of drug-likeness (QED) is 0.375. The molecule has 0 unspecified atom stereocenters. The number of hydrogen-bond donors (Lipinski definition) is 2. The number of benzene rings is 3. The number of hydrogen-bond acceptors (Lipinski definition) is 5. The van der Waals surface area contributed by atoms with E-state index in [-0.39, 0.29) is 5.41 Å². The number of fused-ring (bicyclic) bond motifs is 1. The Morgan fingerprint density at radius 1 is 0.914 bits per heavy atom. The molecule has 3 N–H and O–H groups in total. The first kappa shape index (κ1) is 23.2. The summed E-state index contributed by atoms with van der Waals surface area (Å²) in [4.78, 5) is 13.5. The minimum absolute atomic E-state index is 0.143. The van der Waals surface area contributed by atoms with Gasteiger partial charge in [0.05, 0.1) is 11.2 Å². The van der Waals surface area contributed by atoms with E-state index in [2.05, 4.69) is 78.0 Å². The summed E-state index contributed by atoms with van der Waals surface area (Å²) in [6, 6.07) is 22.8. The smallest absolute Gasteiger partial charge is 0.138 e. The summed E-state index contributed by atoms with van der Waals surface area (Å²) in [6.45, 7) is 12.3. The molecule has 1 aliphatic heterocycles. The van der Waals surface area contributed by atoms with E-state index in [0.717, 1.165) is 66.6 Å². The third-order valence-corrected chi connectivity index (χ3v) is 6.79. The van der Waals surface area contributed by atoms with Crippen molar-refractivity contribution in [3.63, 3.8) is 0 Å². The highest BCUT2D eigenvalue weighted by atomic mass is 16.5. The molecule has 182 valence electrons. The lowest BCUT2D eigenvalue weighted by Gasteiger charge is -2.36. The van der Waals surface area contributed by atoms with Gasteiger partial charge in [0.15, 0.2) is 0 Å². The van der Waals surface area contributed by atoms with Crippen LogP contribution in [-0.2, 0) is 5.41 Å². The van der Waals surface area contributed by atoms with Crippen LogP contribution in [0.25, 0.3) is 22.4 Å². The molecule has 0 saturated carbocycles. The van der Waals surface area contributed by atoms with Crippen molar-refractivity contribution in [1.29, 1.82) is 0 Å². The molecule has 6 heteroatoms. The van der Waals surface area contributed by atoms with Crippen LogP contribution in [0.5, 0.6) is 5.75 Å². The van der Waals surface area contributed by atoms with Crippen molar-refractivity contribution < 1.29 is 4.74 Å². The average molecular weight is 470 g/mol. The Bertz CT molecular complexity index is 1260. The summed E-state index contributed by atoms with van der Waals surface area (Å²) in [6.07, 6.45) is 0. The second-order valence-corrected chi connectivity index (χ2v) is 10.3. The fraction of sp³-hybridized carbons (Fsp3) is 0.345. The lowest BCUT2D eigenvalue weighted by atomic mass is 9.87. The number of aromatic nitrogens is 2. The van der Waals surface area contributed by atoms with Crippen LogP contribution < -0.4 is 15.4 Å². The largest absolute Gasteiger partial charge is 0.492 e. The molecule has 0 spiro atoms. The molecule has 0 amide bonds. The number of ether oxygens (including phenoxy) is 1. The second-order valence-electron chi connectivity index (χ2n) is 10.3. The summed E-state index contributed by atoms with van der Waals surface area (Å²) >= 11 is 0. The first-order valence-electron chi connectivity index (χ1n) is 12.4. The molecule has 1 aromatic heterocycles. The van der Waals surface area contributed by atoms with E-state index in [1.165, 1.54) is 11.3 Å². The van der Waals surface area contributed by atoms with E-state index in [1.807, 2.05) is 24.3 Å². The highest BCUT2D eigenvalue weighted by Crippen LogP contribution is 2.30. The van der Waals surface area contributed by atoms with Crippen molar-refractivity contribution in [2.45, 2.75) is 26.2 Å². The molecular formula is C29H35N5O. The molecule has 0 atom stereocenters. The molecule has 3 aromatic carbocycles. The van der Waals surface area contributed by atoms with Gasteiger partial charge in [-0.2, -0.15) is 0 Å². The second kappa shape index (κ2) is 9.62. The highest BCUT2D eigenvalue weighted by molar-refractivity contribution is 5.91. The van der Waals surface area contributed by atoms with Gasteiger partial charge in [-0.15, -0.1) is 0 Å². The number of nitrogens with zero attached hydrogens (tertiary/aromatic N) is 3. The van der Waals surface area contributed by atoms with Gasteiger partial charge < -0.3 is 20.4 Å². The van der Waals surface area contributed by atoms with Crippen LogP contribution in [0.1, 0.15) is 26.3 Å². The van der Waals surface area contributed by atoms with Crippen LogP contribution in [0.3, 0.4) is 0 Å². The maximum absolute atomic E-state index is 5.88. The number of H-pyrrole nitrogens is 1. The van der Waals surface area contributed by atoms with E-state index in [4.69, 9.17) is 15.5 Å². The van der Waals surface area contributed by atoms with Crippen LogP contribution in [-0.4, -0.2) is 54.2 Å². The number of para-hydroxylation sites is 1. The number of imidazole rings is 1. The van der Waals surface area contributed by atoms with Crippen molar-refractivity contribution >= 4 is 22.4 Å². The average Bonchev–Trinajstić information content (AvgIpc) is 3.30. The number of nitrogen functional groups attached to an aromatic ring is 1. The third kappa shape index (κ3) is 5.28. The maximum Gasteiger partial charge on any atom is 0.138 e. The van der Waals surface area contributed by atoms with Gasteiger partial charge in [0, 0.05) is 44.0 Å². The fourth-order valence-corrected chi connectivity index (χ4v) is 4.61. The van der Waals surface area contributed by atoms with Crippen molar-refractivity contribution in [1.82, 2.24) is 14.9 Å². The molecule has 1 fully saturated rings. The Labute approximate surface area is 207 Å². The Morgan fingerprint density at radius 3 is 2.31 bits per heavy atom. The molecule has 0 aliphatic carbocycles. The predicted molar refractivity (Wildman–Crippen MR) is 145 cm³/mol. The zero-order valence-electron chi connectivity index (χ0n) is 20.9. The highest BCUT2D eigenvalue weighted by Gasteiger charge is 2.20. The van der Waals surface area contributed by atoms with Gasteiger partial charge in [0.25, 0.3) is 0 Å². The third-order valence-electron chi connectivity index (χ3n) is 6.79. The van der Waals surface area contributed by atoms with Gasteiger partial charge in [-0.3, -0.25) is 4.90 Å². The van der Waals surface area contributed by atoms with Crippen molar-refractivity contribution in [2.24, 2.45) is 0 Å². The van der Waals surface area contributed by atoms with Gasteiger partial charge in [-0.05, 0) is 47.4 Å².